The summed E-state index contributed by atoms with van der Waals surface area (Å²) >= 11 is 3.04. The number of hydrogen-bond donors (Lipinski definition) is 0. The minimum Gasteiger partial charge on any atom is -0.456 e. The largest absolute Gasteiger partial charge is 0.456 e. The lowest BCUT2D eigenvalue weighted by molar-refractivity contribution is -0.137. The highest BCUT2D eigenvalue weighted by molar-refractivity contribution is 9.10. The van der Waals surface area contributed by atoms with E-state index in [-0.39, 0.29) is 10.0 Å². The van der Waals surface area contributed by atoms with Crippen molar-refractivity contribution in [3.63, 3.8) is 0 Å². The van der Waals surface area contributed by atoms with E-state index in [1.165, 1.54) is 6.07 Å². The average Bonchev–Trinajstić information content (AvgIpc) is 2.13. The van der Waals surface area contributed by atoms with Gasteiger partial charge in [-0.2, -0.15) is 13.2 Å². The minimum atomic E-state index is -4.49. The van der Waals surface area contributed by atoms with Crippen molar-refractivity contribution in [1.29, 1.82) is 0 Å². The summed E-state index contributed by atoms with van der Waals surface area (Å²) in [5, 5.41) is 0. The van der Waals surface area contributed by atoms with Crippen LogP contribution in [0.4, 0.5) is 13.2 Å². The second-order valence-corrected chi connectivity index (χ2v) is 5.55. The van der Waals surface area contributed by atoms with Crippen LogP contribution >= 0.6 is 15.9 Å². The first-order chi connectivity index (χ1) is 8.00. The number of rotatable bonds is 1. The van der Waals surface area contributed by atoms with Gasteiger partial charge in [-0.3, -0.25) is 0 Å². The van der Waals surface area contributed by atoms with E-state index >= 15 is 0 Å². The second-order valence-electron chi connectivity index (χ2n) is 4.69. The van der Waals surface area contributed by atoms with Gasteiger partial charge in [-0.15, -0.1) is 0 Å². The fraction of sp³-hybridized carbons (Fsp3) is 0.417. The van der Waals surface area contributed by atoms with Crippen LogP contribution in [0.2, 0.25) is 0 Å². The molecule has 0 aliphatic carbocycles. The molecule has 100 valence electrons. The summed E-state index contributed by atoms with van der Waals surface area (Å²) in [6.07, 6.45) is -4.49. The Kier molecular flexibility index (Phi) is 4.10. The Bertz CT molecular complexity index is 461. The number of benzene rings is 1. The molecule has 0 amide bonds. The van der Waals surface area contributed by atoms with Gasteiger partial charge in [0.05, 0.1) is 11.1 Å². The van der Waals surface area contributed by atoms with E-state index < -0.39 is 23.3 Å². The third-order valence-electron chi connectivity index (χ3n) is 1.91. The molecule has 0 aliphatic heterocycles. The molecule has 1 rings (SSSR count). The lowest BCUT2D eigenvalue weighted by Crippen LogP contribution is -2.24. The van der Waals surface area contributed by atoms with Crippen molar-refractivity contribution < 1.29 is 22.7 Å². The Hall–Kier alpha value is -1.04. The molecule has 0 heterocycles. The summed E-state index contributed by atoms with van der Waals surface area (Å²) in [5.74, 6) is -0.791. The molecular formula is C12H12BrF3O2. The number of carbonyl (C=O) groups is 1. The zero-order chi connectivity index (χ0) is 14.1. The van der Waals surface area contributed by atoms with E-state index in [0.29, 0.717) is 0 Å². The number of ether oxygens (including phenoxy) is 1. The first-order valence-corrected chi connectivity index (χ1v) is 5.90. The molecule has 1 aromatic rings. The van der Waals surface area contributed by atoms with Crippen LogP contribution < -0.4 is 0 Å². The van der Waals surface area contributed by atoms with Gasteiger partial charge in [0.2, 0.25) is 0 Å². The summed E-state index contributed by atoms with van der Waals surface area (Å²) in [7, 11) is 0. The molecule has 0 spiro atoms. The van der Waals surface area contributed by atoms with E-state index in [2.05, 4.69) is 15.9 Å². The molecule has 0 radical (unpaired) electrons. The van der Waals surface area contributed by atoms with Crippen LogP contribution in [-0.2, 0) is 10.9 Å². The quantitative estimate of drug-likeness (QED) is 0.714. The Morgan fingerprint density at radius 2 is 1.78 bits per heavy atom. The summed E-state index contributed by atoms with van der Waals surface area (Å²) in [6.45, 7) is 4.94. The molecule has 0 saturated heterocycles. The Morgan fingerprint density at radius 1 is 1.22 bits per heavy atom. The van der Waals surface area contributed by atoms with Gasteiger partial charge in [-0.25, -0.2) is 4.79 Å². The van der Waals surface area contributed by atoms with E-state index in [9.17, 15) is 18.0 Å². The molecule has 0 aromatic heterocycles. The van der Waals surface area contributed by atoms with Crippen LogP contribution in [0.1, 0.15) is 36.7 Å². The molecule has 0 N–H and O–H groups in total. The predicted octanol–water partition coefficient (Wildman–Crippen LogP) is 4.42. The van der Waals surface area contributed by atoms with Crippen molar-refractivity contribution >= 4 is 21.9 Å². The summed E-state index contributed by atoms with van der Waals surface area (Å²) < 4.78 is 42.9. The van der Waals surface area contributed by atoms with E-state index in [4.69, 9.17) is 4.74 Å². The molecule has 0 unspecified atom stereocenters. The Morgan fingerprint density at radius 3 is 2.22 bits per heavy atom. The smallest absolute Gasteiger partial charge is 0.416 e. The van der Waals surface area contributed by atoms with Gasteiger partial charge in [0, 0.05) is 4.47 Å². The molecule has 0 atom stereocenters. The molecule has 18 heavy (non-hydrogen) atoms. The minimum absolute atomic E-state index is 0.139. The topological polar surface area (TPSA) is 26.3 Å². The fourth-order valence-corrected chi connectivity index (χ4v) is 1.60. The summed E-state index contributed by atoms with van der Waals surface area (Å²) in [6, 6.07) is 2.86. The van der Waals surface area contributed by atoms with Crippen LogP contribution in [0.25, 0.3) is 0 Å². The molecule has 0 fully saturated rings. The molecule has 0 saturated carbocycles. The third kappa shape index (κ3) is 4.01. The van der Waals surface area contributed by atoms with E-state index in [0.717, 1.165) is 12.1 Å². The molecule has 0 bridgehead atoms. The highest BCUT2D eigenvalue weighted by Gasteiger charge is 2.32. The molecule has 6 heteroatoms. The van der Waals surface area contributed by atoms with Crippen molar-refractivity contribution in [1.82, 2.24) is 0 Å². The van der Waals surface area contributed by atoms with Crippen LogP contribution in [0.15, 0.2) is 22.7 Å². The van der Waals surface area contributed by atoms with Crippen LogP contribution in [0.5, 0.6) is 0 Å². The normalized spacial score (nSPS) is 12.4. The summed E-state index contributed by atoms with van der Waals surface area (Å²) in [5.41, 5.74) is -1.78. The first-order valence-electron chi connectivity index (χ1n) is 5.11. The van der Waals surface area contributed by atoms with Gasteiger partial charge in [0.15, 0.2) is 0 Å². The zero-order valence-corrected chi connectivity index (χ0v) is 11.6. The van der Waals surface area contributed by atoms with Crippen molar-refractivity contribution in [3.05, 3.63) is 33.8 Å². The number of carbonyl (C=O) groups excluding carboxylic acids is 1. The Labute approximate surface area is 111 Å². The van der Waals surface area contributed by atoms with Gasteiger partial charge < -0.3 is 4.74 Å². The SMILES string of the molecule is CC(C)(C)OC(=O)c1cc(C(F)(F)F)ccc1Br. The van der Waals surface area contributed by atoms with Crippen molar-refractivity contribution in [2.24, 2.45) is 0 Å². The van der Waals surface area contributed by atoms with E-state index in [1.54, 1.807) is 20.8 Å². The third-order valence-corrected chi connectivity index (χ3v) is 2.60. The maximum absolute atomic E-state index is 12.5. The van der Waals surface area contributed by atoms with E-state index in [1.807, 2.05) is 0 Å². The molecule has 1 aromatic carbocycles. The maximum Gasteiger partial charge on any atom is 0.416 e. The Balaban J connectivity index is 3.13. The van der Waals surface area contributed by atoms with Crippen molar-refractivity contribution in [3.8, 4) is 0 Å². The van der Waals surface area contributed by atoms with Crippen LogP contribution in [0, 0.1) is 0 Å². The number of halogens is 4. The molecular weight excluding hydrogens is 313 g/mol. The molecule has 0 aliphatic rings. The van der Waals surface area contributed by atoms with Crippen LogP contribution in [-0.4, -0.2) is 11.6 Å². The van der Waals surface area contributed by atoms with Gasteiger partial charge >= 0.3 is 12.1 Å². The highest BCUT2D eigenvalue weighted by atomic mass is 79.9. The number of esters is 1. The number of hydrogen-bond acceptors (Lipinski definition) is 2. The fourth-order valence-electron chi connectivity index (χ4n) is 1.19. The van der Waals surface area contributed by atoms with Gasteiger partial charge in [0.1, 0.15) is 5.60 Å². The van der Waals surface area contributed by atoms with Crippen LogP contribution in [0.3, 0.4) is 0 Å². The first kappa shape index (κ1) is 15.0. The van der Waals surface area contributed by atoms with Crippen molar-refractivity contribution in [2.75, 3.05) is 0 Å². The highest BCUT2D eigenvalue weighted by Crippen LogP contribution is 2.32. The standard InChI is InChI=1S/C12H12BrF3O2/c1-11(2,3)18-10(17)8-6-7(12(14,15)16)4-5-9(8)13/h4-6H,1-3H3. The molecule has 2 nitrogen and oxygen atoms in total. The van der Waals surface area contributed by atoms with Gasteiger partial charge in [0.25, 0.3) is 0 Å². The maximum atomic E-state index is 12.5. The van der Waals surface area contributed by atoms with Gasteiger partial charge in [-0.1, -0.05) is 0 Å². The monoisotopic (exact) mass is 324 g/mol. The van der Waals surface area contributed by atoms with Gasteiger partial charge in [-0.05, 0) is 54.9 Å². The summed E-state index contributed by atoms with van der Waals surface area (Å²) in [4.78, 5) is 11.7. The number of alkyl halides is 3. The zero-order valence-electron chi connectivity index (χ0n) is 10.1. The average molecular weight is 325 g/mol. The lowest BCUT2D eigenvalue weighted by atomic mass is 10.1. The predicted molar refractivity (Wildman–Crippen MR) is 64.3 cm³/mol. The van der Waals surface area contributed by atoms with Crippen molar-refractivity contribution in [2.45, 2.75) is 32.5 Å². The second kappa shape index (κ2) is 4.91. The lowest BCUT2D eigenvalue weighted by Gasteiger charge is -2.20.